The highest BCUT2D eigenvalue weighted by molar-refractivity contribution is 5.32. The molecule has 1 aliphatic carbocycles. The fourth-order valence-electron chi connectivity index (χ4n) is 2.47. The summed E-state index contributed by atoms with van der Waals surface area (Å²) in [5.74, 6) is 1.66. The summed E-state index contributed by atoms with van der Waals surface area (Å²) in [6, 6.07) is 9.12. The molecule has 0 atom stereocenters. The normalized spacial score (nSPS) is 22.6. The van der Waals surface area contributed by atoms with Gasteiger partial charge in [-0.1, -0.05) is 12.1 Å². The minimum absolute atomic E-state index is 0.679. The van der Waals surface area contributed by atoms with Crippen LogP contribution in [-0.4, -0.2) is 33.4 Å². The zero-order valence-corrected chi connectivity index (χ0v) is 11.3. The zero-order valence-electron chi connectivity index (χ0n) is 11.3. The van der Waals surface area contributed by atoms with Crippen molar-refractivity contribution in [1.82, 2.24) is 5.32 Å². The van der Waals surface area contributed by atoms with Crippen molar-refractivity contribution in [2.24, 2.45) is 0 Å². The Bertz CT molecular complexity index is 361. The molecule has 3 nitrogen and oxygen atoms in total. The van der Waals surface area contributed by atoms with E-state index in [1.54, 1.807) is 14.2 Å². The van der Waals surface area contributed by atoms with Crippen LogP contribution in [0.3, 0.4) is 0 Å². The van der Waals surface area contributed by atoms with E-state index < -0.39 is 0 Å². The Hall–Kier alpha value is -1.06. The van der Waals surface area contributed by atoms with E-state index in [2.05, 4.69) is 23.5 Å². The predicted molar refractivity (Wildman–Crippen MR) is 73.3 cm³/mol. The van der Waals surface area contributed by atoms with E-state index in [9.17, 15) is 0 Å². The highest BCUT2D eigenvalue weighted by atomic mass is 16.5. The van der Waals surface area contributed by atoms with Crippen LogP contribution in [0.25, 0.3) is 0 Å². The summed E-state index contributed by atoms with van der Waals surface area (Å²) in [7, 11) is 3.47. The fraction of sp³-hybridized carbons (Fsp3) is 0.600. The average molecular weight is 249 g/mol. The summed E-state index contributed by atoms with van der Waals surface area (Å²) < 4.78 is 10.3. The molecule has 0 radical (unpaired) electrons. The molecular weight excluding hydrogens is 226 g/mol. The van der Waals surface area contributed by atoms with Crippen molar-refractivity contribution >= 4 is 0 Å². The molecule has 18 heavy (non-hydrogen) atoms. The van der Waals surface area contributed by atoms with E-state index in [-0.39, 0.29) is 0 Å². The minimum Gasteiger partial charge on any atom is -0.497 e. The maximum Gasteiger partial charge on any atom is 0.119 e. The zero-order chi connectivity index (χ0) is 12.8. The lowest BCUT2D eigenvalue weighted by Gasteiger charge is -2.36. The van der Waals surface area contributed by atoms with E-state index in [0.29, 0.717) is 12.0 Å². The topological polar surface area (TPSA) is 30.5 Å². The molecule has 100 valence electrons. The fourth-order valence-corrected chi connectivity index (χ4v) is 2.47. The molecule has 1 aromatic carbocycles. The Morgan fingerprint density at radius 1 is 1.28 bits per heavy atom. The van der Waals surface area contributed by atoms with Gasteiger partial charge in [-0.3, -0.25) is 0 Å². The van der Waals surface area contributed by atoms with E-state index in [1.165, 1.54) is 18.4 Å². The molecule has 1 aromatic rings. The Morgan fingerprint density at radius 2 is 2.11 bits per heavy atom. The third-order valence-electron chi connectivity index (χ3n) is 3.66. The standard InChI is InChI=1S/C15H23NO2/c1-17-8-4-7-16-14-9-13(10-14)12-5-3-6-15(11-12)18-2/h3,5-6,11,13-14,16H,4,7-10H2,1-2H3. The van der Waals surface area contributed by atoms with Gasteiger partial charge in [0.25, 0.3) is 0 Å². The third-order valence-corrected chi connectivity index (χ3v) is 3.66. The minimum atomic E-state index is 0.679. The monoisotopic (exact) mass is 249 g/mol. The quantitative estimate of drug-likeness (QED) is 0.753. The molecule has 1 saturated carbocycles. The molecule has 0 heterocycles. The van der Waals surface area contributed by atoms with Gasteiger partial charge in [-0.25, -0.2) is 0 Å². The van der Waals surface area contributed by atoms with E-state index in [4.69, 9.17) is 9.47 Å². The van der Waals surface area contributed by atoms with E-state index >= 15 is 0 Å². The average Bonchev–Trinajstić information content (AvgIpc) is 2.36. The van der Waals surface area contributed by atoms with Crippen LogP contribution in [0.4, 0.5) is 0 Å². The number of nitrogens with one attached hydrogen (secondary N) is 1. The molecule has 1 aliphatic rings. The number of hydrogen-bond acceptors (Lipinski definition) is 3. The summed E-state index contributed by atoms with van der Waals surface area (Å²) in [4.78, 5) is 0. The van der Waals surface area contributed by atoms with Crippen LogP contribution in [0.1, 0.15) is 30.7 Å². The van der Waals surface area contributed by atoms with Gasteiger partial charge in [0.15, 0.2) is 0 Å². The summed E-state index contributed by atoms with van der Waals surface area (Å²) in [5.41, 5.74) is 1.41. The number of hydrogen-bond donors (Lipinski definition) is 1. The van der Waals surface area contributed by atoms with Gasteiger partial charge in [-0.2, -0.15) is 0 Å². The summed E-state index contributed by atoms with van der Waals surface area (Å²) >= 11 is 0. The van der Waals surface area contributed by atoms with Gasteiger partial charge in [-0.15, -0.1) is 0 Å². The Labute approximate surface area is 109 Å². The van der Waals surface area contributed by atoms with Gasteiger partial charge in [0.05, 0.1) is 7.11 Å². The lowest BCUT2D eigenvalue weighted by atomic mass is 9.76. The van der Waals surface area contributed by atoms with Crippen molar-refractivity contribution in [2.75, 3.05) is 27.4 Å². The third kappa shape index (κ3) is 3.47. The number of ether oxygens (including phenoxy) is 2. The predicted octanol–water partition coefficient (Wildman–Crippen LogP) is 2.57. The Balaban J connectivity index is 1.71. The van der Waals surface area contributed by atoms with Gasteiger partial charge < -0.3 is 14.8 Å². The molecule has 0 aromatic heterocycles. The highest BCUT2D eigenvalue weighted by Crippen LogP contribution is 2.37. The van der Waals surface area contributed by atoms with Crippen LogP contribution in [0.5, 0.6) is 5.75 Å². The first-order valence-electron chi connectivity index (χ1n) is 6.69. The summed E-state index contributed by atoms with van der Waals surface area (Å²) in [6.45, 7) is 1.91. The molecule has 0 aliphatic heterocycles. The smallest absolute Gasteiger partial charge is 0.119 e. The molecule has 1 fully saturated rings. The molecule has 0 spiro atoms. The van der Waals surface area contributed by atoms with Gasteiger partial charge in [0.2, 0.25) is 0 Å². The molecular formula is C15H23NO2. The molecule has 0 unspecified atom stereocenters. The number of methoxy groups -OCH3 is 2. The molecule has 3 heteroatoms. The second-order valence-corrected chi connectivity index (χ2v) is 4.94. The lowest BCUT2D eigenvalue weighted by molar-refractivity contribution is 0.189. The van der Waals surface area contributed by atoms with Crippen molar-refractivity contribution in [3.63, 3.8) is 0 Å². The van der Waals surface area contributed by atoms with Crippen molar-refractivity contribution in [3.8, 4) is 5.75 Å². The van der Waals surface area contributed by atoms with Crippen LogP contribution in [0.2, 0.25) is 0 Å². The maximum absolute atomic E-state index is 5.26. The largest absolute Gasteiger partial charge is 0.497 e. The Morgan fingerprint density at radius 3 is 2.83 bits per heavy atom. The maximum atomic E-state index is 5.26. The Kier molecular flexibility index (Phi) is 5.02. The van der Waals surface area contributed by atoms with Crippen LogP contribution >= 0.6 is 0 Å². The molecule has 0 saturated heterocycles. The first-order chi connectivity index (χ1) is 8.83. The first-order valence-corrected chi connectivity index (χ1v) is 6.69. The molecule has 2 rings (SSSR count). The van der Waals surface area contributed by atoms with Crippen LogP contribution in [-0.2, 0) is 4.74 Å². The second-order valence-electron chi connectivity index (χ2n) is 4.94. The van der Waals surface area contributed by atoms with Gasteiger partial charge in [-0.05, 0) is 49.4 Å². The lowest BCUT2D eigenvalue weighted by Crippen LogP contribution is -2.40. The molecule has 1 N–H and O–H groups in total. The van der Waals surface area contributed by atoms with Gasteiger partial charge in [0.1, 0.15) is 5.75 Å². The number of benzene rings is 1. The van der Waals surface area contributed by atoms with Crippen LogP contribution < -0.4 is 10.1 Å². The first kappa shape index (κ1) is 13.4. The van der Waals surface area contributed by atoms with Crippen molar-refractivity contribution in [1.29, 1.82) is 0 Å². The molecule has 0 bridgehead atoms. The summed E-state index contributed by atoms with van der Waals surface area (Å²) in [5, 5.41) is 3.57. The van der Waals surface area contributed by atoms with Crippen LogP contribution in [0, 0.1) is 0 Å². The van der Waals surface area contributed by atoms with E-state index in [0.717, 1.165) is 25.3 Å². The van der Waals surface area contributed by atoms with E-state index in [1.807, 2.05) is 6.07 Å². The van der Waals surface area contributed by atoms with Crippen LogP contribution in [0.15, 0.2) is 24.3 Å². The van der Waals surface area contributed by atoms with Crippen molar-refractivity contribution in [2.45, 2.75) is 31.2 Å². The highest BCUT2D eigenvalue weighted by Gasteiger charge is 2.29. The second kappa shape index (κ2) is 6.76. The SMILES string of the molecule is COCCCNC1CC(c2cccc(OC)c2)C1. The molecule has 0 amide bonds. The number of rotatable bonds is 7. The summed E-state index contributed by atoms with van der Waals surface area (Å²) in [6.07, 6.45) is 3.57. The van der Waals surface area contributed by atoms with Crippen molar-refractivity contribution < 1.29 is 9.47 Å². The van der Waals surface area contributed by atoms with Gasteiger partial charge in [0, 0.05) is 19.8 Å². The van der Waals surface area contributed by atoms with Gasteiger partial charge >= 0.3 is 0 Å². The van der Waals surface area contributed by atoms with Crippen molar-refractivity contribution in [3.05, 3.63) is 29.8 Å².